The van der Waals surface area contributed by atoms with Crippen LogP contribution >= 0.6 is 27.3 Å². The van der Waals surface area contributed by atoms with Crippen LogP contribution in [0.25, 0.3) is 10.4 Å². The number of aromatic carboxylic acids is 1. The average molecular weight is 312 g/mol. The van der Waals surface area contributed by atoms with Crippen molar-refractivity contribution in [3.8, 4) is 10.4 Å². The zero-order valence-electron chi connectivity index (χ0n) is 9.32. The Labute approximate surface area is 111 Å². The van der Waals surface area contributed by atoms with Crippen molar-refractivity contribution in [2.45, 2.75) is 13.8 Å². The minimum absolute atomic E-state index is 0.105. The molecule has 0 fully saturated rings. The van der Waals surface area contributed by atoms with Crippen LogP contribution in [0.2, 0.25) is 0 Å². The quantitative estimate of drug-likeness (QED) is 0.915. The number of carboxylic acids is 1. The Kier molecular flexibility index (Phi) is 3.31. The summed E-state index contributed by atoms with van der Waals surface area (Å²) in [5, 5.41) is 9.11. The Morgan fingerprint density at radius 3 is 2.71 bits per heavy atom. The molecule has 1 N–H and O–H groups in total. The summed E-state index contributed by atoms with van der Waals surface area (Å²) in [6, 6.07) is 5.95. The fraction of sp³-hybridized carbons (Fsp3) is 0.167. The second-order valence-corrected chi connectivity index (χ2v) is 6.04. The van der Waals surface area contributed by atoms with Gasteiger partial charge in [0.15, 0.2) is 9.61 Å². The van der Waals surface area contributed by atoms with E-state index in [2.05, 4.69) is 20.9 Å². The van der Waals surface area contributed by atoms with Crippen molar-refractivity contribution in [3.05, 3.63) is 38.9 Å². The van der Waals surface area contributed by atoms with Crippen molar-refractivity contribution < 1.29 is 9.90 Å². The van der Waals surface area contributed by atoms with Gasteiger partial charge in [-0.3, -0.25) is 0 Å². The molecule has 0 spiro atoms. The third-order valence-corrected chi connectivity index (χ3v) is 3.97. The molecule has 0 aliphatic carbocycles. The van der Waals surface area contributed by atoms with E-state index in [1.54, 1.807) is 0 Å². The molecular formula is C12H10BrNO2S. The molecule has 0 aliphatic rings. The number of carbonyl (C=O) groups is 1. The lowest BCUT2D eigenvalue weighted by Gasteiger charge is -2.05. The molecule has 1 aromatic heterocycles. The molecule has 1 heterocycles. The lowest BCUT2D eigenvalue weighted by molar-refractivity contribution is 0.0692. The van der Waals surface area contributed by atoms with Gasteiger partial charge in [0.1, 0.15) is 0 Å². The molecule has 3 nitrogen and oxygen atoms in total. The number of aryl methyl sites for hydroxylation is 2. The van der Waals surface area contributed by atoms with Crippen LogP contribution in [0.1, 0.15) is 21.6 Å². The molecule has 17 heavy (non-hydrogen) atoms. The molecule has 0 saturated carbocycles. The number of halogens is 1. The lowest BCUT2D eigenvalue weighted by atomic mass is 10.0. The van der Waals surface area contributed by atoms with Gasteiger partial charge < -0.3 is 5.11 Å². The van der Waals surface area contributed by atoms with Gasteiger partial charge in [0.05, 0.1) is 4.88 Å². The predicted octanol–water partition coefficient (Wildman–Crippen LogP) is 3.89. The third kappa shape index (κ3) is 2.40. The minimum Gasteiger partial charge on any atom is -0.476 e. The lowest BCUT2D eigenvalue weighted by Crippen LogP contribution is -1.99. The van der Waals surface area contributed by atoms with Crippen molar-refractivity contribution in [1.82, 2.24) is 4.98 Å². The summed E-state index contributed by atoms with van der Waals surface area (Å²) < 4.78 is 0.588. The highest BCUT2D eigenvalue weighted by Gasteiger charge is 2.18. The van der Waals surface area contributed by atoms with Gasteiger partial charge in [-0.1, -0.05) is 23.8 Å². The summed E-state index contributed by atoms with van der Waals surface area (Å²) in [6.45, 7) is 3.99. The summed E-state index contributed by atoms with van der Waals surface area (Å²) in [5.41, 5.74) is 3.25. The third-order valence-electron chi connectivity index (χ3n) is 2.43. The van der Waals surface area contributed by atoms with Crippen molar-refractivity contribution >= 4 is 33.2 Å². The molecular weight excluding hydrogens is 302 g/mol. The van der Waals surface area contributed by atoms with E-state index in [9.17, 15) is 4.79 Å². The summed E-state index contributed by atoms with van der Waals surface area (Å²) in [6.07, 6.45) is 0. The Hall–Kier alpha value is -1.20. The number of aromatic nitrogens is 1. The van der Waals surface area contributed by atoms with Crippen LogP contribution in [-0.2, 0) is 0 Å². The largest absolute Gasteiger partial charge is 0.476 e. The molecule has 2 rings (SSSR count). The molecule has 0 unspecified atom stereocenters. The number of thiazole rings is 1. The Morgan fingerprint density at radius 2 is 2.12 bits per heavy atom. The highest BCUT2D eigenvalue weighted by molar-refractivity contribution is 9.11. The van der Waals surface area contributed by atoms with Crippen molar-refractivity contribution in [2.75, 3.05) is 0 Å². The van der Waals surface area contributed by atoms with Crippen LogP contribution in [0.15, 0.2) is 22.1 Å². The molecule has 0 radical (unpaired) electrons. The van der Waals surface area contributed by atoms with E-state index in [4.69, 9.17) is 5.11 Å². The van der Waals surface area contributed by atoms with Crippen molar-refractivity contribution in [3.63, 3.8) is 0 Å². The van der Waals surface area contributed by atoms with E-state index in [-0.39, 0.29) is 5.69 Å². The first-order chi connectivity index (χ1) is 7.99. The SMILES string of the molecule is Cc1ccc(-c2sc(Br)nc2C(=O)O)c(C)c1. The monoisotopic (exact) mass is 311 g/mol. The highest BCUT2D eigenvalue weighted by Crippen LogP contribution is 2.35. The molecule has 0 aliphatic heterocycles. The van der Waals surface area contributed by atoms with Gasteiger partial charge in [0.25, 0.3) is 0 Å². The van der Waals surface area contributed by atoms with E-state index in [1.165, 1.54) is 11.3 Å². The standard InChI is InChI=1S/C12H10BrNO2S/c1-6-3-4-8(7(2)5-6)10-9(11(15)16)14-12(13)17-10/h3-5H,1-2H3,(H,15,16). The van der Waals surface area contributed by atoms with Gasteiger partial charge in [0, 0.05) is 0 Å². The molecule has 0 bridgehead atoms. The van der Waals surface area contributed by atoms with E-state index >= 15 is 0 Å². The first-order valence-corrected chi connectivity index (χ1v) is 6.57. The molecule has 5 heteroatoms. The van der Waals surface area contributed by atoms with Crippen LogP contribution in [0.4, 0.5) is 0 Å². The fourth-order valence-electron chi connectivity index (χ4n) is 1.69. The summed E-state index contributed by atoms with van der Waals surface area (Å²) in [5.74, 6) is -0.998. The van der Waals surface area contributed by atoms with Gasteiger partial charge in [-0.15, -0.1) is 11.3 Å². The molecule has 0 saturated heterocycles. The Balaban J connectivity index is 2.63. The number of carboxylic acid groups (broad SMARTS) is 1. The number of benzene rings is 1. The maximum Gasteiger partial charge on any atom is 0.356 e. The summed E-state index contributed by atoms with van der Waals surface area (Å²) in [4.78, 5) is 15.8. The second-order valence-electron chi connectivity index (χ2n) is 3.77. The van der Waals surface area contributed by atoms with E-state index < -0.39 is 5.97 Å². The molecule has 1 aromatic carbocycles. The average Bonchev–Trinajstić information content (AvgIpc) is 2.60. The number of hydrogen-bond acceptors (Lipinski definition) is 3. The van der Waals surface area contributed by atoms with Crippen LogP contribution in [-0.4, -0.2) is 16.1 Å². The maximum absolute atomic E-state index is 11.1. The molecule has 88 valence electrons. The Bertz CT molecular complexity index is 592. The van der Waals surface area contributed by atoms with Crippen LogP contribution in [0.3, 0.4) is 0 Å². The fourth-order valence-corrected chi connectivity index (χ4v) is 3.23. The van der Waals surface area contributed by atoms with E-state index in [0.717, 1.165) is 16.7 Å². The van der Waals surface area contributed by atoms with Gasteiger partial charge in [-0.2, -0.15) is 0 Å². The summed E-state index contributed by atoms with van der Waals surface area (Å²) >= 11 is 4.57. The van der Waals surface area contributed by atoms with Crippen molar-refractivity contribution in [2.24, 2.45) is 0 Å². The van der Waals surface area contributed by atoms with Gasteiger partial charge >= 0.3 is 5.97 Å². The second kappa shape index (κ2) is 4.58. The van der Waals surface area contributed by atoms with Gasteiger partial charge in [-0.05, 0) is 40.9 Å². The van der Waals surface area contributed by atoms with Gasteiger partial charge in [-0.25, -0.2) is 9.78 Å². The minimum atomic E-state index is -0.998. The molecule has 0 amide bonds. The zero-order chi connectivity index (χ0) is 12.6. The van der Waals surface area contributed by atoms with Crippen LogP contribution in [0.5, 0.6) is 0 Å². The smallest absolute Gasteiger partial charge is 0.356 e. The van der Waals surface area contributed by atoms with E-state index in [0.29, 0.717) is 8.79 Å². The Morgan fingerprint density at radius 1 is 1.41 bits per heavy atom. The number of hydrogen-bond donors (Lipinski definition) is 1. The van der Waals surface area contributed by atoms with Crippen LogP contribution in [0, 0.1) is 13.8 Å². The number of rotatable bonds is 2. The van der Waals surface area contributed by atoms with Gasteiger partial charge in [0.2, 0.25) is 0 Å². The normalized spacial score (nSPS) is 10.5. The predicted molar refractivity (Wildman–Crippen MR) is 71.7 cm³/mol. The first-order valence-electron chi connectivity index (χ1n) is 4.96. The molecule has 2 aromatic rings. The zero-order valence-corrected chi connectivity index (χ0v) is 11.7. The molecule has 0 atom stereocenters. The van der Waals surface area contributed by atoms with Crippen LogP contribution < -0.4 is 0 Å². The maximum atomic E-state index is 11.1. The number of nitrogens with zero attached hydrogens (tertiary/aromatic N) is 1. The topological polar surface area (TPSA) is 50.2 Å². The summed E-state index contributed by atoms with van der Waals surface area (Å²) in [7, 11) is 0. The highest BCUT2D eigenvalue weighted by atomic mass is 79.9. The van der Waals surface area contributed by atoms with E-state index in [1.807, 2.05) is 32.0 Å². The first kappa shape index (κ1) is 12.3. The van der Waals surface area contributed by atoms with Crippen molar-refractivity contribution in [1.29, 1.82) is 0 Å².